The van der Waals surface area contributed by atoms with Crippen LogP contribution in [0.4, 0.5) is 5.95 Å². The summed E-state index contributed by atoms with van der Waals surface area (Å²) in [6.45, 7) is 1.81. The molecule has 19 heavy (non-hydrogen) atoms. The van der Waals surface area contributed by atoms with Crippen LogP contribution in [0, 0.1) is 0 Å². The highest BCUT2D eigenvalue weighted by Gasteiger charge is 2.04. The van der Waals surface area contributed by atoms with Crippen LogP contribution >= 0.6 is 15.9 Å². The Bertz CT molecular complexity index is 503. The Morgan fingerprint density at radius 3 is 3.05 bits per heavy atom. The predicted octanol–water partition coefficient (Wildman–Crippen LogP) is 2.34. The number of ether oxygens (including phenoxy) is 1. The minimum absolute atomic E-state index is 0.538. The van der Waals surface area contributed by atoms with Gasteiger partial charge in [-0.2, -0.15) is 4.98 Å². The highest BCUT2D eigenvalue weighted by Crippen LogP contribution is 2.21. The van der Waals surface area contributed by atoms with Crippen molar-refractivity contribution in [2.75, 3.05) is 19.0 Å². The number of unbranched alkanes of at least 4 members (excludes halogenated alkanes) is 1. The Hall–Kier alpha value is -1.63. The van der Waals surface area contributed by atoms with Crippen molar-refractivity contribution in [2.45, 2.75) is 19.4 Å². The highest BCUT2D eigenvalue weighted by atomic mass is 79.9. The number of methoxy groups -OCH3 is 1. The maximum atomic E-state index is 5.11. The van der Waals surface area contributed by atoms with Gasteiger partial charge in [-0.3, -0.25) is 0 Å². The zero-order valence-electron chi connectivity index (χ0n) is 10.7. The summed E-state index contributed by atoms with van der Waals surface area (Å²) in [6.07, 6.45) is 9.39. The van der Waals surface area contributed by atoms with Crippen molar-refractivity contribution in [1.29, 1.82) is 0 Å². The van der Waals surface area contributed by atoms with Crippen LogP contribution in [0.1, 0.15) is 12.8 Å². The first-order valence-corrected chi connectivity index (χ1v) is 6.85. The van der Waals surface area contributed by atoms with Crippen molar-refractivity contribution in [3.63, 3.8) is 0 Å². The fourth-order valence-electron chi connectivity index (χ4n) is 1.62. The Labute approximate surface area is 120 Å². The van der Waals surface area contributed by atoms with Gasteiger partial charge in [0.1, 0.15) is 0 Å². The number of hydrogen-bond acceptors (Lipinski definition) is 5. The second-order valence-corrected chi connectivity index (χ2v) is 4.84. The molecular formula is C12H16BrN5O. The molecule has 0 radical (unpaired) electrons. The predicted molar refractivity (Wildman–Crippen MR) is 76.2 cm³/mol. The zero-order valence-corrected chi connectivity index (χ0v) is 12.3. The third kappa shape index (κ3) is 4.20. The van der Waals surface area contributed by atoms with Crippen LogP contribution in [0.15, 0.2) is 29.4 Å². The van der Waals surface area contributed by atoms with Gasteiger partial charge in [0, 0.05) is 25.5 Å². The molecule has 2 aromatic rings. The van der Waals surface area contributed by atoms with Gasteiger partial charge in [-0.25, -0.2) is 9.97 Å². The number of aromatic nitrogens is 4. The van der Waals surface area contributed by atoms with E-state index in [4.69, 9.17) is 4.74 Å². The normalized spacial score (nSPS) is 10.4. The van der Waals surface area contributed by atoms with Crippen LogP contribution in [0.3, 0.4) is 0 Å². The lowest BCUT2D eigenvalue weighted by molar-refractivity contribution is 0.394. The highest BCUT2D eigenvalue weighted by molar-refractivity contribution is 9.10. The lowest BCUT2D eigenvalue weighted by Gasteiger charge is -2.07. The molecule has 0 unspecified atom stereocenters. The molecule has 0 aliphatic carbocycles. The monoisotopic (exact) mass is 325 g/mol. The molecule has 102 valence electrons. The van der Waals surface area contributed by atoms with E-state index in [9.17, 15) is 0 Å². The standard InChI is InChI=1S/C12H16BrN5O/c1-19-11-10(13)8-16-12(17-11)15-4-2-3-6-18-7-5-14-9-18/h5,7-9H,2-4,6H2,1H3,(H,15,16,17). The third-order valence-corrected chi connectivity index (χ3v) is 3.13. The molecule has 2 aromatic heterocycles. The first-order chi connectivity index (χ1) is 9.29. The molecule has 0 fully saturated rings. The maximum absolute atomic E-state index is 5.11. The summed E-state index contributed by atoms with van der Waals surface area (Å²) in [5.41, 5.74) is 0. The number of aryl methyl sites for hydroxylation is 1. The molecule has 7 heteroatoms. The summed E-state index contributed by atoms with van der Waals surface area (Å²) in [6, 6.07) is 0. The smallest absolute Gasteiger partial charge is 0.232 e. The van der Waals surface area contributed by atoms with Crippen molar-refractivity contribution in [3.8, 4) is 5.88 Å². The Kier molecular flexibility index (Phi) is 5.14. The largest absolute Gasteiger partial charge is 0.480 e. The molecule has 0 saturated heterocycles. The minimum atomic E-state index is 0.538. The van der Waals surface area contributed by atoms with Gasteiger partial charge in [-0.15, -0.1) is 0 Å². The van der Waals surface area contributed by atoms with E-state index in [-0.39, 0.29) is 0 Å². The van der Waals surface area contributed by atoms with Gasteiger partial charge in [0.05, 0.1) is 24.1 Å². The van der Waals surface area contributed by atoms with Crippen molar-refractivity contribution in [2.24, 2.45) is 0 Å². The van der Waals surface area contributed by atoms with Gasteiger partial charge in [-0.05, 0) is 28.8 Å². The summed E-state index contributed by atoms with van der Waals surface area (Å²) < 4.78 is 7.93. The van der Waals surface area contributed by atoms with E-state index in [1.807, 2.05) is 12.5 Å². The van der Waals surface area contributed by atoms with E-state index in [0.717, 1.165) is 30.4 Å². The molecule has 2 heterocycles. The molecule has 0 saturated carbocycles. The Balaban J connectivity index is 1.70. The van der Waals surface area contributed by atoms with Crippen LogP contribution in [0.2, 0.25) is 0 Å². The average molecular weight is 326 g/mol. The van der Waals surface area contributed by atoms with Crippen molar-refractivity contribution >= 4 is 21.9 Å². The number of hydrogen-bond donors (Lipinski definition) is 1. The van der Waals surface area contributed by atoms with Gasteiger partial charge in [0.15, 0.2) is 0 Å². The van der Waals surface area contributed by atoms with E-state index in [2.05, 4.69) is 40.8 Å². The Morgan fingerprint density at radius 2 is 2.32 bits per heavy atom. The topological polar surface area (TPSA) is 64.9 Å². The van der Waals surface area contributed by atoms with Crippen molar-refractivity contribution in [3.05, 3.63) is 29.4 Å². The van der Waals surface area contributed by atoms with E-state index in [0.29, 0.717) is 11.8 Å². The number of imidazole rings is 1. The van der Waals surface area contributed by atoms with Crippen LogP contribution in [-0.4, -0.2) is 33.2 Å². The number of halogens is 1. The van der Waals surface area contributed by atoms with E-state index >= 15 is 0 Å². The van der Waals surface area contributed by atoms with Crippen molar-refractivity contribution < 1.29 is 4.74 Å². The van der Waals surface area contributed by atoms with Crippen LogP contribution in [0.25, 0.3) is 0 Å². The van der Waals surface area contributed by atoms with Gasteiger partial charge in [-0.1, -0.05) is 0 Å². The second-order valence-electron chi connectivity index (χ2n) is 3.99. The molecule has 0 atom stereocenters. The average Bonchev–Trinajstić information content (AvgIpc) is 2.93. The first kappa shape index (κ1) is 13.8. The van der Waals surface area contributed by atoms with Gasteiger partial charge >= 0.3 is 0 Å². The van der Waals surface area contributed by atoms with Gasteiger partial charge < -0.3 is 14.6 Å². The van der Waals surface area contributed by atoms with Crippen molar-refractivity contribution in [1.82, 2.24) is 19.5 Å². The quantitative estimate of drug-likeness (QED) is 0.791. The zero-order chi connectivity index (χ0) is 13.5. The molecule has 0 aliphatic heterocycles. The Morgan fingerprint density at radius 1 is 1.42 bits per heavy atom. The summed E-state index contributed by atoms with van der Waals surface area (Å²) in [4.78, 5) is 12.4. The molecular weight excluding hydrogens is 310 g/mol. The van der Waals surface area contributed by atoms with Gasteiger partial charge in [0.2, 0.25) is 11.8 Å². The van der Waals surface area contributed by atoms with E-state index in [1.165, 1.54) is 0 Å². The molecule has 0 bridgehead atoms. The number of nitrogens with zero attached hydrogens (tertiary/aromatic N) is 4. The molecule has 1 N–H and O–H groups in total. The van der Waals surface area contributed by atoms with Crippen LogP contribution in [-0.2, 0) is 6.54 Å². The van der Waals surface area contributed by atoms with E-state index in [1.54, 1.807) is 19.5 Å². The summed E-state index contributed by atoms with van der Waals surface area (Å²) in [7, 11) is 1.59. The number of nitrogens with one attached hydrogen (secondary N) is 1. The maximum Gasteiger partial charge on any atom is 0.232 e. The third-order valence-electron chi connectivity index (χ3n) is 2.59. The lowest BCUT2D eigenvalue weighted by Crippen LogP contribution is -2.07. The molecule has 0 aromatic carbocycles. The van der Waals surface area contributed by atoms with E-state index < -0.39 is 0 Å². The van der Waals surface area contributed by atoms with Crippen LogP contribution in [0.5, 0.6) is 5.88 Å². The summed E-state index contributed by atoms with van der Waals surface area (Å²) in [5, 5.41) is 3.18. The SMILES string of the molecule is COc1nc(NCCCCn2ccnc2)ncc1Br. The molecule has 0 aliphatic rings. The fraction of sp³-hybridized carbons (Fsp3) is 0.417. The molecule has 6 nitrogen and oxygen atoms in total. The van der Waals surface area contributed by atoms with Gasteiger partial charge in [0.25, 0.3) is 0 Å². The fourth-order valence-corrected chi connectivity index (χ4v) is 1.97. The molecule has 0 spiro atoms. The van der Waals surface area contributed by atoms with Crippen LogP contribution < -0.4 is 10.1 Å². The second kappa shape index (κ2) is 7.08. The minimum Gasteiger partial charge on any atom is -0.480 e. The first-order valence-electron chi connectivity index (χ1n) is 6.05. The lowest BCUT2D eigenvalue weighted by atomic mass is 10.3. The molecule has 2 rings (SSSR count). The summed E-state index contributed by atoms with van der Waals surface area (Å²) in [5.74, 6) is 1.12. The number of anilines is 1. The summed E-state index contributed by atoms with van der Waals surface area (Å²) >= 11 is 3.32. The molecule has 0 amide bonds. The number of rotatable bonds is 7.